The van der Waals surface area contributed by atoms with Gasteiger partial charge in [-0.1, -0.05) is 12.1 Å². The molecule has 3 amide bonds. The van der Waals surface area contributed by atoms with Gasteiger partial charge in [-0.05, 0) is 54.1 Å². The molecule has 3 N–H and O–H groups in total. The molecule has 1 heterocycles. The van der Waals surface area contributed by atoms with Crippen LogP contribution in [0.15, 0.2) is 71.3 Å². The summed E-state index contributed by atoms with van der Waals surface area (Å²) in [5.41, 5.74) is 2.65. The van der Waals surface area contributed by atoms with E-state index in [0.29, 0.717) is 23.5 Å². The van der Waals surface area contributed by atoms with Crippen LogP contribution < -0.4 is 16.0 Å². The molecule has 0 radical (unpaired) electrons. The number of benzene rings is 2. The number of carbonyl (C=O) groups excluding carboxylic acids is 3. The Hall–Kier alpha value is -3.87. The Morgan fingerprint density at radius 1 is 0.821 bits per heavy atom. The summed E-state index contributed by atoms with van der Waals surface area (Å²) in [5.74, 6) is -0.504. The van der Waals surface area contributed by atoms with Crippen molar-refractivity contribution in [2.45, 2.75) is 13.5 Å². The third kappa shape index (κ3) is 5.07. The molecule has 7 nitrogen and oxygen atoms in total. The molecule has 0 aliphatic heterocycles. The molecule has 0 spiro atoms. The summed E-state index contributed by atoms with van der Waals surface area (Å²) in [7, 11) is 0. The number of hydrogen-bond acceptors (Lipinski definition) is 4. The van der Waals surface area contributed by atoms with Crippen molar-refractivity contribution in [1.82, 2.24) is 5.32 Å². The Bertz CT molecular complexity index is 962. The van der Waals surface area contributed by atoms with Crippen LogP contribution in [-0.4, -0.2) is 17.7 Å². The molecule has 7 heteroatoms. The van der Waals surface area contributed by atoms with E-state index in [1.54, 1.807) is 48.5 Å². The van der Waals surface area contributed by atoms with Gasteiger partial charge in [-0.2, -0.15) is 0 Å². The van der Waals surface area contributed by atoms with Crippen LogP contribution in [0, 0.1) is 0 Å². The van der Waals surface area contributed by atoms with Gasteiger partial charge in [0, 0.05) is 30.4 Å². The van der Waals surface area contributed by atoms with Gasteiger partial charge in [0.15, 0.2) is 5.76 Å². The summed E-state index contributed by atoms with van der Waals surface area (Å²) in [4.78, 5) is 35.2. The summed E-state index contributed by atoms with van der Waals surface area (Å²) < 4.78 is 5.03. The zero-order valence-electron chi connectivity index (χ0n) is 15.2. The highest BCUT2D eigenvalue weighted by Crippen LogP contribution is 2.13. The van der Waals surface area contributed by atoms with E-state index >= 15 is 0 Å². The lowest BCUT2D eigenvalue weighted by atomic mass is 10.1. The molecule has 3 rings (SSSR count). The maximum Gasteiger partial charge on any atom is 0.291 e. The number of carbonyl (C=O) groups is 3. The monoisotopic (exact) mass is 377 g/mol. The quantitative estimate of drug-likeness (QED) is 0.613. The van der Waals surface area contributed by atoms with Gasteiger partial charge in [-0.3, -0.25) is 14.4 Å². The number of nitrogens with one attached hydrogen (secondary N) is 3. The summed E-state index contributed by atoms with van der Waals surface area (Å²) in [6.07, 6.45) is 1.43. The maximum atomic E-state index is 12.3. The second-order valence-corrected chi connectivity index (χ2v) is 6.07. The van der Waals surface area contributed by atoms with Crippen LogP contribution in [0.5, 0.6) is 0 Å². The Morgan fingerprint density at radius 2 is 1.46 bits per heavy atom. The average Bonchev–Trinajstić information content (AvgIpc) is 3.22. The minimum absolute atomic E-state index is 0.134. The molecular weight excluding hydrogens is 358 g/mol. The molecule has 1 aromatic heterocycles. The van der Waals surface area contributed by atoms with E-state index in [9.17, 15) is 14.4 Å². The Kier molecular flexibility index (Phi) is 5.86. The van der Waals surface area contributed by atoms with Crippen molar-refractivity contribution in [3.8, 4) is 0 Å². The summed E-state index contributed by atoms with van der Waals surface area (Å²) in [5, 5.41) is 8.21. The van der Waals surface area contributed by atoms with Crippen molar-refractivity contribution in [3.63, 3.8) is 0 Å². The summed E-state index contributed by atoms with van der Waals surface area (Å²) >= 11 is 0. The zero-order valence-corrected chi connectivity index (χ0v) is 15.2. The van der Waals surface area contributed by atoms with Gasteiger partial charge in [0.25, 0.3) is 11.8 Å². The van der Waals surface area contributed by atoms with Crippen LogP contribution in [0.2, 0.25) is 0 Å². The molecule has 0 aliphatic carbocycles. The lowest BCUT2D eigenvalue weighted by Gasteiger charge is -2.08. The number of furan rings is 1. The van der Waals surface area contributed by atoms with E-state index in [1.165, 1.54) is 13.2 Å². The van der Waals surface area contributed by atoms with Crippen molar-refractivity contribution >= 4 is 29.1 Å². The molecule has 3 aromatic rings. The van der Waals surface area contributed by atoms with E-state index in [2.05, 4.69) is 16.0 Å². The Balaban J connectivity index is 1.53. The van der Waals surface area contributed by atoms with Crippen LogP contribution in [0.1, 0.15) is 33.4 Å². The van der Waals surface area contributed by atoms with Crippen LogP contribution in [-0.2, 0) is 11.3 Å². The van der Waals surface area contributed by atoms with E-state index < -0.39 is 0 Å². The molecule has 0 atom stereocenters. The molecule has 0 fully saturated rings. The fraction of sp³-hybridized carbons (Fsp3) is 0.0952. The van der Waals surface area contributed by atoms with Crippen molar-refractivity contribution < 1.29 is 18.8 Å². The molecule has 0 unspecified atom stereocenters. The van der Waals surface area contributed by atoms with Crippen LogP contribution in [0.4, 0.5) is 11.4 Å². The largest absolute Gasteiger partial charge is 0.459 e. The number of amides is 3. The Morgan fingerprint density at radius 3 is 2.07 bits per heavy atom. The average molecular weight is 377 g/mol. The third-order valence-corrected chi connectivity index (χ3v) is 3.88. The maximum absolute atomic E-state index is 12.3. The highest BCUT2D eigenvalue weighted by Gasteiger charge is 2.10. The van der Waals surface area contributed by atoms with Crippen molar-refractivity contribution in [3.05, 3.63) is 83.8 Å². The van der Waals surface area contributed by atoms with E-state index in [0.717, 1.165) is 5.56 Å². The fourth-order valence-corrected chi connectivity index (χ4v) is 2.50. The van der Waals surface area contributed by atoms with Gasteiger partial charge in [0.05, 0.1) is 6.26 Å². The first-order valence-corrected chi connectivity index (χ1v) is 8.61. The van der Waals surface area contributed by atoms with Gasteiger partial charge in [-0.15, -0.1) is 0 Å². The summed E-state index contributed by atoms with van der Waals surface area (Å²) in [6, 6.07) is 17.0. The number of hydrogen-bond donors (Lipinski definition) is 3. The van der Waals surface area contributed by atoms with Crippen LogP contribution in [0.25, 0.3) is 0 Å². The van der Waals surface area contributed by atoms with Gasteiger partial charge >= 0.3 is 0 Å². The van der Waals surface area contributed by atoms with E-state index in [-0.39, 0.29) is 23.5 Å². The minimum Gasteiger partial charge on any atom is -0.459 e. The minimum atomic E-state index is -0.357. The lowest BCUT2D eigenvalue weighted by molar-refractivity contribution is -0.114. The lowest BCUT2D eigenvalue weighted by Crippen LogP contribution is -2.22. The molecular formula is C21H19N3O4. The van der Waals surface area contributed by atoms with Crippen molar-refractivity contribution in [2.24, 2.45) is 0 Å². The van der Waals surface area contributed by atoms with Crippen LogP contribution >= 0.6 is 0 Å². The SMILES string of the molecule is CC(=O)Nc1ccc(CNC(=O)c2ccc(NC(=O)c3ccco3)cc2)cc1. The van der Waals surface area contributed by atoms with Gasteiger partial charge < -0.3 is 20.4 Å². The van der Waals surface area contributed by atoms with Crippen molar-refractivity contribution in [2.75, 3.05) is 10.6 Å². The second kappa shape index (κ2) is 8.68. The zero-order chi connectivity index (χ0) is 19.9. The molecule has 28 heavy (non-hydrogen) atoms. The van der Waals surface area contributed by atoms with Gasteiger partial charge in [0.1, 0.15) is 0 Å². The molecule has 0 saturated carbocycles. The second-order valence-electron chi connectivity index (χ2n) is 6.07. The van der Waals surface area contributed by atoms with E-state index in [1.807, 2.05) is 12.1 Å². The smallest absolute Gasteiger partial charge is 0.291 e. The van der Waals surface area contributed by atoms with Crippen LogP contribution in [0.3, 0.4) is 0 Å². The topological polar surface area (TPSA) is 100 Å². The Labute approximate surface area is 161 Å². The first-order valence-electron chi connectivity index (χ1n) is 8.61. The molecule has 0 aliphatic rings. The molecule has 2 aromatic carbocycles. The number of rotatable bonds is 6. The predicted molar refractivity (Wildman–Crippen MR) is 105 cm³/mol. The summed E-state index contributed by atoms with van der Waals surface area (Å²) in [6.45, 7) is 1.80. The van der Waals surface area contributed by atoms with E-state index in [4.69, 9.17) is 4.42 Å². The first-order chi connectivity index (χ1) is 13.5. The highest BCUT2D eigenvalue weighted by molar-refractivity contribution is 6.02. The molecule has 142 valence electrons. The first kappa shape index (κ1) is 18.9. The molecule has 0 saturated heterocycles. The van der Waals surface area contributed by atoms with Gasteiger partial charge in [0.2, 0.25) is 5.91 Å². The fourth-order valence-electron chi connectivity index (χ4n) is 2.50. The predicted octanol–water partition coefficient (Wildman–Crippen LogP) is 3.42. The standard InChI is InChI=1S/C21H19N3O4/c1-14(25)23-17-8-4-15(5-9-17)13-22-20(26)16-6-10-18(11-7-16)24-21(27)19-3-2-12-28-19/h2-12H,13H2,1H3,(H,22,26)(H,23,25)(H,24,27). The number of anilines is 2. The normalized spacial score (nSPS) is 10.2. The molecule has 0 bridgehead atoms. The van der Waals surface area contributed by atoms with Gasteiger partial charge in [-0.25, -0.2) is 0 Å². The third-order valence-electron chi connectivity index (χ3n) is 3.88. The van der Waals surface area contributed by atoms with Crippen molar-refractivity contribution in [1.29, 1.82) is 0 Å². The highest BCUT2D eigenvalue weighted by atomic mass is 16.3.